The molecule has 1 fully saturated rings. The summed E-state index contributed by atoms with van der Waals surface area (Å²) >= 11 is 7.77. The number of benzene rings is 1. The van der Waals surface area contributed by atoms with Crippen LogP contribution in [0.4, 0.5) is 0 Å². The maximum Gasteiger partial charge on any atom is 0.248 e. The van der Waals surface area contributed by atoms with Gasteiger partial charge in [0.1, 0.15) is 5.54 Å². The first-order valence-corrected chi connectivity index (χ1v) is 12.9. The van der Waals surface area contributed by atoms with Crippen molar-refractivity contribution in [1.29, 1.82) is 0 Å². The van der Waals surface area contributed by atoms with Crippen molar-refractivity contribution in [3.8, 4) is 0 Å². The lowest BCUT2D eigenvalue weighted by atomic mass is 9.83. The van der Waals surface area contributed by atoms with Crippen molar-refractivity contribution in [1.82, 2.24) is 9.80 Å². The summed E-state index contributed by atoms with van der Waals surface area (Å²) in [6, 6.07) is 7.35. The average Bonchev–Trinajstić information content (AvgIpc) is 3.20. The first kappa shape index (κ1) is 24.6. The van der Waals surface area contributed by atoms with E-state index in [1.165, 1.54) is 5.57 Å². The highest BCUT2D eigenvalue weighted by molar-refractivity contribution is 8.03. The molecule has 6 nitrogen and oxygen atoms in total. The Morgan fingerprint density at radius 2 is 2.03 bits per heavy atom. The fourth-order valence-electron chi connectivity index (χ4n) is 4.71. The number of amides is 3. The maximum absolute atomic E-state index is 13.7. The molecule has 2 unspecified atom stereocenters. The Hall–Kier alpha value is -2.51. The van der Waals surface area contributed by atoms with E-state index >= 15 is 0 Å². The van der Waals surface area contributed by atoms with E-state index in [1.54, 1.807) is 33.7 Å². The molecule has 1 aliphatic carbocycles. The molecule has 0 saturated carbocycles. The minimum Gasteiger partial charge on any atom is -0.370 e. The predicted molar refractivity (Wildman–Crippen MR) is 136 cm³/mol. The largest absolute Gasteiger partial charge is 0.370 e. The molecular formula is C26H30ClN3O3S. The number of nitrogens with zero attached hydrogens (tertiary/aromatic N) is 2. The van der Waals surface area contributed by atoms with Crippen LogP contribution in [0.15, 0.2) is 59.0 Å². The van der Waals surface area contributed by atoms with Gasteiger partial charge in [0.05, 0.1) is 6.42 Å². The number of likely N-dealkylation sites (tertiary alicyclic amines) is 1. The highest BCUT2D eigenvalue weighted by Gasteiger charge is 2.51. The number of halogens is 1. The Bertz CT molecular complexity index is 1070. The molecule has 0 bridgehead atoms. The normalized spacial score (nSPS) is 23.0. The Labute approximate surface area is 209 Å². The van der Waals surface area contributed by atoms with E-state index in [1.807, 2.05) is 25.1 Å². The quantitative estimate of drug-likeness (QED) is 0.552. The summed E-state index contributed by atoms with van der Waals surface area (Å²) in [6.07, 6.45) is 8.89. The highest BCUT2D eigenvalue weighted by atomic mass is 35.5. The van der Waals surface area contributed by atoms with Crippen LogP contribution < -0.4 is 5.73 Å². The minimum atomic E-state index is -0.886. The standard InChI is InChI=1S/C26H30ClN3O3S/c1-26(12-14-30(26)24(32)15-19-17-34-22-6-3-2-5-21(19)22)25(33)29(13-4-7-23(28)31)16-18-8-10-20(27)11-9-18/h2-3,5,8-11,17,22H,4,6-7,12-16H2,1H3,(H2,28,31). The number of primary amides is 1. The minimum absolute atomic E-state index is 0.0198. The van der Waals surface area contributed by atoms with Crippen LogP contribution in [0.1, 0.15) is 44.6 Å². The monoisotopic (exact) mass is 499 g/mol. The predicted octanol–water partition coefficient (Wildman–Crippen LogP) is 4.20. The molecule has 34 heavy (non-hydrogen) atoms. The van der Waals surface area contributed by atoms with Crippen LogP contribution in [0.2, 0.25) is 5.02 Å². The number of hydrogen-bond donors (Lipinski definition) is 1. The van der Waals surface area contributed by atoms with Gasteiger partial charge in [-0.15, -0.1) is 11.8 Å². The molecule has 2 N–H and O–H groups in total. The van der Waals surface area contributed by atoms with E-state index in [9.17, 15) is 14.4 Å². The number of rotatable bonds is 9. The smallest absolute Gasteiger partial charge is 0.248 e. The van der Waals surface area contributed by atoms with Gasteiger partial charge in [0.25, 0.3) is 0 Å². The molecule has 1 aromatic carbocycles. The van der Waals surface area contributed by atoms with Gasteiger partial charge in [-0.1, -0.05) is 42.0 Å². The van der Waals surface area contributed by atoms with E-state index in [-0.39, 0.29) is 18.2 Å². The Balaban J connectivity index is 1.46. The molecule has 0 aromatic heterocycles. The van der Waals surface area contributed by atoms with Crippen LogP contribution in [-0.4, -0.2) is 51.4 Å². The van der Waals surface area contributed by atoms with Gasteiger partial charge in [0.2, 0.25) is 17.7 Å². The van der Waals surface area contributed by atoms with Crippen molar-refractivity contribution in [3.05, 3.63) is 69.6 Å². The van der Waals surface area contributed by atoms with Gasteiger partial charge in [-0.25, -0.2) is 0 Å². The molecule has 2 heterocycles. The van der Waals surface area contributed by atoms with Crippen molar-refractivity contribution in [2.24, 2.45) is 5.73 Å². The van der Waals surface area contributed by atoms with Crippen LogP contribution in [0.25, 0.3) is 0 Å². The van der Waals surface area contributed by atoms with Gasteiger partial charge in [0, 0.05) is 36.3 Å². The molecule has 0 spiro atoms. The molecule has 4 rings (SSSR count). The number of nitrogens with two attached hydrogens (primary N) is 1. The third-order valence-corrected chi connectivity index (χ3v) is 8.25. The van der Waals surface area contributed by atoms with Gasteiger partial charge in [-0.2, -0.15) is 0 Å². The summed E-state index contributed by atoms with van der Waals surface area (Å²) in [5.74, 6) is -0.508. The lowest BCUT2D eigenvalue weighted by molar-refractivity contribution is -0.164. The number of thioether (sulfide) groups is 1. The molecule has 0 radical (unpaired) electrons. The van der Waals surface area contributed by atoms with E-state index in [2.05, 4.69) is 17.6 Å². The molecule has 2 atom stereocenters. The number of hydrogen-bond acceptors (Lipinski definition) is 4. The lowest BCUT2D eigenvalue weighted by Crippen LogP contribution is -2.67. The third kappa shape index (κ3) is 5.26. The van der Waals surface area contributed by atoms with Gasteiger partial charge in [-0.3, -0.25) is 14.4 Å². The maximum atomic E-state index is 13.7. The second-order valence-electron chi connectivity index (χ2n) is 9.22. The lowest BCUT2D eigenvalue weighted by Gasteiger charge is -2.51. The summed E-state index contributed by atoms with van der Waals surface area (Å²) in [7, 11) is 0. The molecular weight excluding hydrogens is 470 g/mol. The number of allylic oxidation sites excluding steroid dienone is 3. The summed E-state index contributed by atoms with van der Waals surface area (Å²) in [5, 5.41) is 3.12. The molecule has 1 saturated heterocycles. The SMILES string of the molecule is CC1(C(=O)N(CCCC(N)=O)Cc2ccc(Cl)cc2)CCN1C(=O)CC1=CSC2CC=CC=C12. The number of carbonyl (C=O) groups is 3. The number of carbonyl (C=O) groups excluding carboxylic acids is 3. The summed E-state index contributed by atoms with van der Waals surface area (Å²) in [4.78, 5) is 41.7. The third-order valence-electron chi connectivity index (χ3n) is 6.80. The molecule has 1 aromatic rings. The molecule has 8 heteroatoms. The van der Waals surface area contributed by atoms with Crippen LogP contribution in [-0.2, 0) is 20.9 Å². The highest BCUT2D eigenvalue weighted by Crippen LogP contribution is 2.42. The molecule has 180 valence electrons. The van der Waals surface area contributed by atoms with Crippen molar-refractivity contribution >= 4 is 41.1 Å². The van der Waals surface area contributed by atoms with Crippen LogP contribution in [0.5, 0.6) is 0 Å². The zero-order chi connectivity index (χ0) is 24.3. The average molecular weight is 500 g/mol. The van der Waals surface area contributed by atoms with E-state index in [4.69, 9.17) is 17.3 Å². The summed E-state index contributed by atoms with van der Waals surface area (Å²) in [5.41, 5.74) is 7.65. The van der Waals surface area contributed by atoms with Gasteiger partial charge >= 0.3 is 0 Å². The fraction of sp³-hybridized carbons (Fsp3) is 0.423. The Morgan fingerprint density at radius 1 is 1.26 bits per heavy atom. The van der Waals surface area contributed by atoms with Gasteiger partial charge in [-0.05, 0) is 60.4 Å². The van der Waals surface area contributed by atoms with Crippen molar-refractivity contribution in [2.75, 3.05) is 13.1 Å². The second-order valence-corrected chi connectivity index (χ2v) is 10.7. The topological polar surface area (TPSA) is 83.7 Å². The zero-order valence-corrected chi connectivity index (χ0v) is 20.9. The van der Waals surface area contributed by atoms with Crippen molar-refractivity contribution < 1.29 is 14.4 Å². The molecule has 3 aliphatic rings. The fourth-order valence-corrected chi connectivity index (χ4v) is 5.99. The van der Waals surface area contributed by atoms with Crippen LogP contribution >= 0.6 is 23.4 Å². The van der Waals surface area contributed by atoms with Crippen LogP contribution in [0.3, 0.4) is 0 Å². The van der Waals surface area contributed by atoms with E-state index < -0.39 is 11.4 Å². The van der Waals surface area contributed by atoms with Gasteiger partial charge < -0.3 is 15.5 Å². The van der Waals surface area contributed by atoms with Crippen LogP contribution in [0, 0.1) is 0 Å². The Morgan fingerprint density at radius 3 is 2.71 bits per heavy atom. The molecule has 2 aliphatic heterocycles. The number of fused-ring (bicyclic) bond motifs is 1. The van der Waals surface area contributed by atoms with E-state index in [0.717, 1.165) is 17.6 Å². The Kier molecular flexibility index (Phi) is 7.53. The summed E-state index contributed by atoms with van der Waals surface area (Å²) in [6.45, 7) is 3.20. The zero-order valence-electron chi connectivity index (χ0n) is 19.3. The van der Waals surface area contributed by atoms with Crippen molar-refractivity contribution in [3.63, 3.8) is 0 Å². The summed E-state index contributed by atoms with van der Waals surface area (Å²) < 4.78 is 0. The molecule has 3 amide bonds. The first-order valence-electron chi connectivity index (χ1n) is 11.6. The van der Waals surface area contributed by atoms with Gasteiger partial charge in [0.15, 0.2) is 0 Å². The second kappa shape index (κ2) is 10.4. The van der Waals surface area contributed by atoms with Crippen molar-refractivity contribution in [2.45, 2.75) is 56.4 Å². The first-order chi connectivity index (χ1) is 16.3. The van der Waals surface area contributed by atoms with E-state index in [0.29, 0.717) is 49.2 Å².